The molecule has 1 amide bonds. The van der Waals surface area contributed by atoms with E-state index in [2.05, 4.69) is 10.3 Å². The number of carbonyl (C=O) groups excluding carboxylic acids is 1. The van der Waals surface area contributed by atoms with E-state index in [1.807, 2.05) is 37.3 Å². The zero-order chi connectivity index (χ0) is 22.1. The summed E-state index contributed by atoms with van der Waals surface area (Å²) in [6, 6.07) is 15.0. The number of hydrogen-bond donors (Lipinski definition) is 2. The van der Waals surface area contributed by atoms with Gasteiger partial charge in [-0.15, -0.1) is 0 Å². The first-order valence-corrected chi connectivity index (χ1v) is 11.1. The Bertz CT molecular complexity index is 1360. The van der Waals surface area contributed by atoms with Crippen molar-refractivity contribution in [1.82, 2.24) is 14.5 Å². The molecular weight excluding hydrogens is 428 g/mol. The Balaban J connectivity index is 1.39. The lowest BCUT2D eigenvalue weighted by molar-refractivity contribution is -0.113. The van der Waals surface area contributed by atoms with E-state index in [4.69, 9.17) is 14.5 Å². The number of nitrogens with zero attached hydrogens (tertiary/aromatic N) is 2. The number of H-pyrrole nitrogens is 1. The maximum absolute atomic E-state index is 13.0. The molecule has 0 saturated carbocycles. The third-order valence-corrected chi connectivity index (χ3v) is 6.12. The van der Waals surface area contributed by atoms with Crippen molar-refractivity contribution in [1.29, 1.82) is 0 Å². The Morgan fingerprint density at radius 3 is 2.81 bits per heavy atom. The molecule has 9 heteroatoms. The molecule has 0 radical (unpaired) electrons. The second-order valence-corrected chi connectivity index (χ2v) is 8.08. The minimum Gasteiger partial charge on any atom is -0.454 e. The van der Waals surface area contributed by atoms with Gasteiger partial charge in [0.25, 0.3) is 5.56 Å². The van der Waals surface area contributed by atoms with E-state index in [0.717, 1.165) is 11.1 Å². The number of amides is 1. The molecule has 0 atom stereocenters. The number of aromatic nitrogens is 3. The first kappa shape index (κ1) is 20.2. The maximum Gasteiger partial charge on any atom is 0.278 e. The number of carbonyl (C=O) groups is 1. The fraction of sp³-hybridized carbons (Fsp3) is 0.174. The summed E-state index contributed by atoms with van der Waals surface area (Å²) in [6.07, 6.45) is 1.80. The monoisotopic (exact) mass is 448 g/mol. The third kappa shape index (κ3) is 3.71. The highest BCUT2D eigenvalue weighted by atomic mass is 32.2. The summed E-state index contributed by atoms with van der Waals surface area (Å²) in [7, 11) is 0. The van der Waals surface area contributed by atoms with E-state index < -0.39 is 0 Å². The van der Waals surface area contributed by atoms with Crippen molar-refractivity contribution in [3.05, 3.63) is 65.1 Å². The number of fused-ring (bicyclic) bond motifs is 2. The van der Waals surface area contributed by atoms with Crippen LogP contribution in [-0.4, -0.2) is 33.0 Å². The van der Waals surface area contributed by atoms with Crippen LogP contribution in [0.2, 0.25) is 0 Å². The van der Waals surface area contributed by atoms with Gasteiger partial charge in [-0.3, -0.25) is 14.2 Å². The fourth-order valence-corrected chi connectivity index (χ4v) is 4.46. The van der Waals surface area contributed by atoms with E-state index in [1.54, 1.807) is 29.0 Å². The number of benzene rings is 2. The SMILES string of the molecule is CCn1c(SCC(=O)Nc2ccc3c(c2)OCO3)nc2c(-c3ccccc3)c[nH]c2c1=O. The van der Waals surface area contributed by atoms with Crippen LogP contribution in [-0.2, 0) is 11.3 Å². The predicted molar refractivity (Wildman–Crippen MR) is 123 cm³/mol. The molecule has 0 aliphatic carbocycles. The number of ether oxygens (including phenoxy) is 2. The lowest BCUT2D eigenvalue weighted by Gasteiger charge is -2.11. The second-order valence-electron chi connectivity index (χ2n) is 7.14. The smallest absolute Gasteiger partial charge is 0.278 e. The molecule has 8 nitrogen and oxygen atoms in total. The van der Waals surface area contributed by atoms with Crippen LogP contribution in [0.1, 0.15) is 6.92 Å². The molecule has 0 unspecified atom stereocenters. The van der Waals surface area contributed by atoms with Gasteiger partial charge >= 0.3 is 0 Å². The van der Waals surface area contributed by atoms with Crippen LogP contribution in [0.15, 0.2) is 64.7 Å². The van der Waals surface area contributed by atoms with Gasteiger partial charge in [-0.05, 0) is 24.6 Å². The number of rotatable bonds is 6. The topological polar surface area (TPSA) is 98.2 Å². The third-order valence-electron chi connectivity index (χ3n) is 5.14. The molecule has 2 aromatic carbocycles. The van der Waals surface area contributed by atoms with E-state index in [0.29, 0.717) is 39.9 Å². The van der Waals surface area contributed by atoms with E-state index in [9.17, 15) is 9.59 Å². The summed E-state index contributed by atoms with van der Waals surface area (Å²) >= 11 is 1.23. The number of hydrogen-bond acceptors (Lipinski definition) is 6. The van der Waals surface area contributed by atoms with Crippen LogP contribution < -0.4 is 20.3 Å². The maximum atomic E-state index is 13.0. The molecule has 1 aliphatic heterocycles. The normalized spacial score (nSPS) is 12.3. The van der Waals surface area contributed by atoms with Crippen LogP contribution in [0, 0.1) is 0 Å². The van der Waals surface area contributed by atoms with Crippen molar-refractivity contribution in [3.8, 4) is 22.6 Å². The molecule has 162 valence electrons. The highest BCUT2D eigenvalue weighted by Crippen LogP contribution is 2.34. The number of aromatic amines is 1. The summed E-state index contributed by atoms with van der Waals surface area (Å²) in [5, 5.41) is 3.35. The van der Waals surface area contributed by atoms with Gasteiger partial charge in [0.15, 0.2) is 16.7 Å². The molecular formula is C23H20N4O4S. The van der Waals surface area contributed by atoms with E-state index in [1.165, 1.54) is 11.8 Å². The van der Waals surface area contributed by atoms with Crippen molar-refractivity contribution in [2.24, 2.45) is 0 Å². The van der Waals surface area contributed by atoms with Gasteiger partial charge < -0.3 is 19.8 Å². The summed E-state index contributed by atoms with van der Waals surface area (Å²) in [5.41, 5.74) is 3.35. The summed E-state index contributed by atoms with van der Waals surface area (Å²) < 4.78 is 12.2. The highest BCUT2D eigenvalue weighted by Gasteiger charge is 2.18. The van der Waals surface area contributed by atoms with Crippen molar-refractivity contribution in [2.75, 3.05) is 17.9 Å². The van der Waals surface area contributed by atoms with Gasteiger partial charge in [-0.25, -0.2) is 4.98 Å². The molecule has 0 fully saturated rings. The van der Waals surface area contributed by atoms with E-state index in [-0.39, 0.29) is 24.0 Å². The van der Waals surface area contributed by atoms with Crippen LogP contribution in [0.25, 0.3) is 22.2 Å². The second kappa shape index (κ2) is 8.43. The van der Waals surface area contributed by atoms with Crippen LogP contribution in [0.4, 0.5) is 5.69 Å². The summed E-state index contributed by atoms with van der Waals surface area (Å²) in [6.45, 7) is 2.51. The van der Waals surface area contributed by atoms with Crippen LogP contribution in [0.3, 0.4) is 0 Å². The molecule has 4 aromatic rings. The molecule has 0 saturated heterocycles. The Hall–Kier alpha value is -3.72. The molecule has 5 rings (SSSR count). The summed E-state index contributed by atoms with van der Waals surface area (Å²) in [5.74, 6) is 1.16. The minimum absolute atomic E-state index is 0.109. The van der Waals surface area contributed by atoms with Gasteiger partial charge in [0, 0.05) is 30.1 Å². The van der Waals surface area contributed by atoms with E-state index >= 15 is 0 Å². The largest absolute Gasteiger partial charge is 0.454 e. The fourth-order valence-electron chi connectivity index (χ4n) is 3.60. The molecule has 0 spiro atoms. The zero-order valence-electron chi connectivity index (χ0n) is 17.3. The molecule has 0 bridgehead atoms. The highest BCUT2D eigenvalue weighted by molar-refractivity contribution is 7.99. The van der Waals surface area contributed by atoms with Gasteiger partial charge in [0.1, 0.15) is 11.0 Å². The quantitative estimate of drug-likeness (QED) is 0.343. The Morgan fingerprint density at radius 1 is 1.19 bits per heavy atom. The van der Waals surface area contributed by atoms with Crippen LogP contribution in [0.5, 0.6) is 11.5 Å². The Labute approximate surface area is 187 Å². The van der Waals surface area contributed by atoms with Gasteiger partial charge in [0.2, 0.25) is 12.7 Å². The Kier molecular flexibility index (Phi) is 5.32. The number of nitrogens with one attached hydrogen (secondary N) is 2. The van der Waals surface area contributed by atoms with Gasteiger partial charge in [-0.1, -0.05) is 42.1 Å². The zero-order valence-corrected chi connectivity index (χ0v) is 18.1. The first-order chi connectivity index (χ1) is 15.6. The van der Waals surface area contributed by atoms with Gasteiger partial charge in [-0.2, -0.15) is 0 Å². The number of thioether (sulfide) groups is 1. The lowest BCUT2D eigenvalue weighted by Crippen LogP contribution is -2.23. The lowest BCUT2D eigenvalue weighted by atomic mass is 10.1. The summed E-state index contributed by atoms with van der Waals surface area (Å²) in [4.78, 5) is 33.4. The number of anilines is 1. The van der Waals surface area contributed by atoms with Crippen molar-refractivity contribution in [3.63, 3.8) is 0 Å². The Morgan fingerprint density at radius 2 is 2.00 bits per heavy atom. The van der Waals surface area contributed by atoms with Crippen molar-refractivity contribution >= 4 is 34.4 Å². The van der Waals surface area contributed by atoms with Gasteiger partial charge in [0.05, 0.1) is 5.75 Å². The first-order valence-electron chi connectivity index (χ1n) is 10.1. The average Bonchev–Trinajstić information content (AvgIpc) is 3.45. The minimum atomic E-state index is -0.205. The molecule has 32 heavy (non-hydrogen) atoms. The predicted octanol–water partition coefficient (Wildman–Crippen LogP) is 3.87. The molecule has 1 aliphatic rings. The van der Waals surface area contributed by atoms with Crippen molar-refractivity contribution < 1.29 is 14.3 Å². The van der Waals surface area contributed by atoms with Crippen molar-refractivity contribution in [2.45, 2.75) is 18.6 Å². The standard InChI is InChI=1S/C23H20N4O4S/c1-2-27-22(29)21-20(16(11-24-21)14-6-4-3-5-7-14)26-23(27)32-12-19(28)25-15-8-9-17-18(10-15)31-13-30-17/h3-11,24H,2,12-13H2,1H3,(H,25,28). The van der Waals surface area contributed by atoms with Crippen LogP contribution >= 0.6 is 11.8 Å². The molecule has 2 aromatic heterocycles. The average molecular weight is 449 g/mol. The molecule has 2 N–H and O–H groups in total. The molecule has 3 heterocycles.